The van der Waals surface area contributed by atoms with Gasteiger partial charge in [0.05, 0.1) is 21.9 Å². The first-order valence-corrected chi connectivity index (χ1v) is 14.3. The van der Waals surface area contributed by atoms with Crippen molar-refractivity contribution >= 4 is 44.6 Å². The van der Waals surface area contributed by atoms with Crippen molar-refractivity contribution in [1.29, 1.82) is 0 Å². The van der Waals surface area contributed by atoms with Crippen LogP contribution >= 0.6 is 11.3 Å². The van der Waals surface area contributed by atoms with Crippen LogP contribution in [0, 0.1) is 0 Å². The molecule has 9 nitrogen and oxygen atoms in total. The lowest BCUT2D eigenvalue weighted by Crippen LogP contribution is -2.09. The summed E-state index contributed by atoms with van der Waals surface area (Å²) in [4.78, 5) is 22.3. The Labute approximate surface area is 219 Å². The molecule has 0 aliphatic carbocycles. The second-order valence-electron chi connectivity index (χ2n) is 8.02. The number of aromatic hydroxyl groups is 1. The van der Waals surface area contributed by atoms with E-state index < -0.39 is 15.8 Å². The number of phenols is 1. The smallest absolute Gasteiger partial charge is 0.442 e. The molecule has 0 saturated carbocycles. The van der Waals surface area contributed by atoms with Crippen molar-refractivity contribution in [2.45, 2.75) is 18.2 Å². The molecule has 0 saturated heterocycles. The second-order valence-corrected chi connectivity index (χ2v) is 11.2. The number of anilines is 3. The van der Waals surface area contributed by atoms with E-state index in [-0.39, 0.29) is 12.4 Å². The van der Waals surface area contributed by atoms with Crippen molar-refractivity contribution in [1.82, 2.24) is 9.97 Å². The third kappa shape index (κ3) is 7.05. The largest absolute Gasteiger partial charge is 0.508 e. The molecule has 0 aliphatic heterocycles. The Hall–Kier alpha value is -3.96. The Morgan fingerprint density at radius 3 is 2.57 bits per heavy atom. The molecular weight excluding hydrogens is 510 g/mol. The summed E-state index contributed by atoms with van der Waals surface area (Å²) in [6.07, 6.45) is 3.08. The summed E-state index contributed by atoms with van der Waals surface area (Å²) in [5, 5.41) is 18.1. The fourth-order valence-corrected chi connectivity index (χ4v) is 5.26. The minimum Gasteiger partial charge on any atom is -0.508 e. The second kappa shape index (κ2) is 11.8. The average molecular weight is 538 g/mol. The van der Waals surface area contributed by atoms with Crippen molar-refractivity contribution in [2.75, 3.05) is 30.0 Å². The van der Waals surface area contributed by atoms with E-state index >= 15 is 0 Å². The number of carbonyl (C=O) groups excluding carboxylic acids is 1. The molecule has 2 heterocycles. The molecule has 2 aromatic heterocycles. The number of nitrogens with zero attached hydrogens (tertiary/aromatic N) is 3. The number of carbonyl (C=O) groups is 1. The van der Waals surface area contributed by atoms with E-state index in [1.807, 2.05) is 29.6 Å². The van der Waals surface area contributed by atoms with Crippen LogP contribution < -0.4 is 10.6 Å². The van der Waals surface area contributed by atoms with Crippen molar-refractivity contribution in [2.24, 2.45) is 4.36 Å². The van der Waals surface area contributed by atoms with Crippen LogP contribution in [0.1, 0.15) is 12.5 Å². The maximum absolute atomic E-state index is 12.8. The zero-order valence-electron chi connectivity index (χ0n) is 20.4. The number of rotatable bonds is 9. The lowest BCUT2D eigenvalue weighted by atomic mass is 10.1. The number of hydrogen-bond donors (Lipinski definition) is 3. The Morgan fingerprint density at radius 1 is 1.14 bits per heavy atom. The van der Waals surface area contributed by atoms with Gasteiger partial charge in [-0.1, -0.05) is 18.2 Å². The van der Waals surface area contributed by atoms with Crippen molar-refractivity contribution in [3.05, 3.63) is 77.8 Å². The Kier molecular flexibility index (Phi) is 8.36. The summed E-state index contributed by atoms with van der Waals surface area (Å²) in [6.45, 7) is 2.47. The van der Waals surface area contributed by atoms with Crippen LogP contribution in [0.5, 0.6) is 5.75 Å². The summed E-state index contributed by atoms with van der Waals surface area (Å²) in [6, 6.07) is 17.9. The van der Waals surface area contributed by atoms with Gasteiger partial charge in [0.25, 0.3) is 0 Å². The van der Waals surface area contributed by atoms with E-state index in [4.69, 9.17) is 9.72 Å². The molecule has 2 aromatic carbocycles. The van der Waals surface area contributed by atoms with Crippen molar-refractivity contribution in [3.63, 3.8) is 0 Å². The number of hydrogen-bond acceptors (Lipinski definition) is 9. The van der Waals surface area contributed by atoms with Crippen LogP contribution in [-0.2, 0) is 20.9 Å². The number of phenolic OH excluding ortho intramolecular Hbond substituents is 1. The lowest BCUT2D eigenvalue weighted by molar-refractivity contribution is 0.164. The van der Waals surface area contributed by atoms with Gasteiger partial charge < -0.3 is 20.5 Å². The maximum Gasteiger partial charge on any atom is 0.442 e. The molecule has 3 N–H and O–H groups in total. The molecule has 1 unspecified atom stereocenters. The molecule has 192 valence electrons. The quantitative estimate of drug-likeness (QED) is 0.240. The number of benzene rings is 2. The van der Waals surface area contributed by atoms with E-state index in [0.717, 1.165) is 22.4 Å². The molecule has 1 amide bonds. The molecule has 0 radical (unpaired) electrons. The zero-order valence-corrected chi connectivity index (χ0v) is 22.0. The fourth-order valence-electron chi connectivity index (χ4n) is 3.44. The van der Waals surface area contributed by atoms with E-state index in [0.29, 0.717) is 28.9 Å². The minimum atomic E-state index is -2.93. The fraction of sp³-hybridized carbons (Fsp3) is 0.192. The number of aromatic nitrogens is 2. The number of nitrogens with one attached hydrogen (secondary N) is 2. The first kappa shape index (κ1) is 26.1. The van der Waals surface area contributed by atoms with Crippen LogP contribution in [0.15, 0.2) is 81.5 Å². The van der Waals surface area contributed by atoms with Crippen LogP contribution in [0.25, 0.3) is 10.4 Å². The molecule has 37 heavy (non-hydrogen) atoms. The predicted octanol–water partition coefficient (Wildman–Crippen LogP) is 5.92. The summed E-state index contributed by atoms with van der Waals surface area (Å²) in [5.74, 6) is 1.33. The summed E-state index contributed by atoms with van der Waals surface area (Å²) >= 11 is 1.61. The first-order chi connectivity index (χ1) is 17.8. The summed E-state index contributed by atoms with van der Waals surface area (Å²) in [5.41, 5.74) is 2.68. The predicted molar refractivity (Wildman–Crippen MR) is 147 cm³/mol. The highest BCUT2D eigenvalue weighted by Gasteiger charge is 2.13. The number of ether oxygens (including phenoxy) is 1. The van der Waals surface area contributed by atoms with Gasteiger partial charge in [0.2, 0.25) is 5.95 Å². The highest BCUT2D eigenvalue weighted by Crippen LogP contribution is 2.31. The minimum absolute atomic E-state index is 0.166. The van der Waals surface area contributed by atoms with Gasteiger partial charge >= 0.3 is 6.09 Å². The van der Waals surface area contributed by atoms with Gasteiger partial charge in [-0.05, 0) is 66.8 Å². The van der Waals surface area contributed by atoms with Gasteiger partial charge in [-0.3, -0.25) is 0 Å². The van der Waals surface area contributed by atoms with Gasteiger partial charge in [0.1, 0.15) is 11.6 Å². The number of thiophene rings is 1. The molecule has 4 rings (SSSR count). The Balaban J connectivity index is 1.51. The monoisotopic (exact) mass is 537 g/mol. The van der Waals surface area contributed by atoms with E-state index in [1.165, 1.54) is 6.26 Å². The Bertz CT molecular complexity index is 1460. The molecule has 0 bridgehead atoms. The van der Waals surface area contributed by atoms with Gasteiger partial charge in [-0.15, -0.1) is 15.7 Å². The SMILES string of the molecule is CCOC(=O)N=S(C)(=O)c1ccc(Nc2ncc(-c3cccs3)c(NCCc3ccc(O)cc3)n2)cc1. The van der Waals surface area contributed by atoms with E-state index in [2.05, 4.69) is 20.0 Å². The normalized spacial score (nSPS) is 12.4. The van der Waals surface area contributed by atoms with Gasteiger partial charge in [-0.25, -0.2) is 14.0 Å². The Morgan fingerprint density at radius 2 is 1.89 bits per heavy atom. The summed E-state index contributed by atoms with van der Waals surface area (Å²) in [7, 11) is -2.93. The van der Waals surface area contributed by atoms with Crippen LogP contribution in [0.3, 0.4) is 0 Å². The van der Waals surface area contributed by atoms with Crippen LogP contribution in [-0.4, -0.2) is 44.8 Å². The van der Waals surface area contributed by atoms with Crippen molar-refractivity contribution in [3.8, 4) is 16.2 Å². The van der Waals surface area contributed by atoms with E-state index in [1.54, 1.807) is 60.9 Å². The van der Waals surface area contributed by atoms with Gasteiger partial charge in [0, 0.05) is 34.5 Å². The first-order valence-electron chi connectivity index (χ1n) is 11.5. The molecule has 0 fully saturated rings. The van der Waals surface area contributed by atoms with Gasteiger partial charge in [0.15, 0.2) is 0 Å². The average Bonchev–Trinajstić information content (AvgIpc) is 3.40. The molecule has 0 aliphatic rings. The third-order valence-corrected chi connectivity index (χ3v) is 7.83. The molecule has 1 atom stereocenters. The zero-order chi connectivity index (χ0) is 26.3. The number of amides is 1. The third-order valence-electron chi connectivity index (χ3n) is 5.28. The standard InChI is InChI=1S/C26H27N5O4S2/c1-3-35-26(33)31-37(2,34)21-12-8-19(9-13-21)29-25-28-17-22(23-5-4-16-36-23)24(30-25)27-15-14-18-6-10-20(32)11-7-18/h4-13,16-17,32H,3,14-15H2,1-2H3,(H2,27,28,29,30). The molecule has 11 heteroatoms. The highest BCUT2D eigenvalue weighted by molar-refractivity contribution is 7.93. The van der Waals surface area contributed by atoms with Gasteiger partial charge in [-0.2, -0.15) is 4.98 Å². The van der Waals surface area contributed by atoms with E-state index in [9.17, 15) is 14.1 Å². The molecule has 0 spiro atoms. The molecule has 4 aromatic rings. The lowest BCUT2D eigenvalue weighted by Gasteiger charge is -2.13. The summed E-state index contributed by atoms with van der Waals surface area (Å²) < 4.78 is 21.3. The highest BCUT2D eigenvalue weighted by atomic mass is 32.2. The maximum atomic E-state index is 12.8. The topological polar surface area (TPSA) is 126 Å². The van der Waals surface area contributed by atoms with Crippen LogP contribution in [0.4, 0.5) is 22.2 Å². The van der Waals surface area contributed by atoms with Crippen LogP contribution in [0.2, 0.25) is 0 Å². The molecular formula is C26H27N5O4S2. The van der Waals surface area contributed by atoms with Crippen molar-refractivity contribution < 1.29 is 18.8 Å².